The molecule has 0 aromatic heterocycles. The zero-order chi connectivity index (χ0) is 41.9. The number of phenolic OH excluding ortho intramolecular Hbond substituents is 1. The van der Waals surface area contributed by atoms with Gasteiger partial charge in [0.15, 0.2) is 0 Å². The summed E-state index contributed by atoms with van der Waals surface area (Å²) >= 11 is 0. The summed E-state index contributed by atoms with van der Waals surface area (Å²) in [5, 5.41) is 43.9. The van der Waals surface area contributed by atoms with Gasteiger partial charge in [-0.05, 0) is 75.3 Å². The van der Waals surface area contributed by atoms with Crippen LogP contribution in [0.2, 0.25) is 0 Å². The Morgan fingerprint density at radius 3 is 1.66 bits per heavy atom. The van der Waals surface area contributed by atoms with E-state index in [1.54, 1.807) is 56.3 Å². The first-order valence-electron chi connectivity index (χ1n) is 18.4. The molecule has 18 heteroatoms. The number of aliphatic hydroxyl groups excluding tert-OH is 1. The first-order valence-corrected chi connectivity index (χ1v) is 18.4. The Morgan fingerprint density at radius 2 is 1.12 bits per heavy atom. The van der Waals surface area contributed by atoms with Crippen LogP contribution in [-0.2, 0) is 46.4 Å². The number of carboxylic acid groups (broad SMARTS) is 1. The number of carboxylic acids is 1. The minimum atomic E-state index is -1.55. The lowest BCUT2D eigenvalue weighted by atomic mass is 10.0. The average Bonchev–Trinajstić information content (AvgIpc) is 3.15. The van der Waals surface area contributed by atoms with Crippen molar-refractivity contribution in [1.82, 2.24) is 31.9 Å². The molecule has 0 unspecified atom stereocenters. The smallest absolute Gasteiger partial charge is 0.326 e. The van der Waals surface area contributed by atoms with Gasteiger partial charge in [0.25, 0.3) is 0 Å². The van der Waals surface area contributed by atoms with Crippen LogP contribution in [0.1, 0.15) is 58.1 Å². The first-order chi connectivity index (χ1) is 26.5. The molecule has 0 saturated carbocycles. The molecule has 13 N–H and O–H groups in total. The maximum atomic E-state index is 13.3. The summed E-state index contributed by atoms with van der Waals surface area (Å²) in [6.45, 7) is 5.48. The van der Waals surface area contributed by atoms with Gasteiger partial charge < -0.3 is 58.7 Å². The molecule has 56 heavy (non-hydrogen) atoms. The van der Waals surface area contributed by atoms with Gasteiger partial charge in [-0.2, -0.15) is 0 Å². The number of nitrogens with two attached hydrogens (primary N) is 2. The van der Waals surface area contributed by atoms with Crippen LogP contribution in [0, 0.1) is 5.92 Å². The molecule has 308 valence electrons. The Balaban J connectivity index is 2.02. The van der Waals surface area contributed by atoms with Crippen molar-refractivity contribution in [1.29, 1.82) is 0 Å². The van der Waals surface area contributed by atoms with E-state index in [0.29, 0.717) is 30.5 Å². The van der Waals surface area contributed by atoms with Gasteiger partial charge >= 0.3 is 5.97 Å². The number of phenols is 1. The number of aliphatic carboxylic acids is 1. The summed E-state index contributed by atoms with van der Waals surface area (Å²) < 4.78 is 0. The van der Waals surface area contributed by atoms with Crippen molar-refractivity contribution in [3.63, 3.8) is 0 Å². The van der Waals surface area contributed by atoms with Gasteiger partial charge in [-0.3, -0.25) is 28.8 Å². The van der Waals surface area contributed by atoms with Crippen LogP contribution in [0.5, 0.6) is 5.75 Å². The molecule has 18 nitrogen and oxygen atoms in total. The van der Waals surface area contributed by atoms with Gasteiger partial charge in [0.2, 0.25) is 35.4 Å². The van der Waals surface area contributed by atoms with E-state index in [2.05, 4.69) is 31.9 Å². The molecule has 2 aromatic carbocycles. The normalized spacial score (nSPS) is 14.8. The highest BCUT2D eigenvalue weighted by molar-refractivity contribution is 5.97. The SMILES string of the molecule is CC(C)[C@H](NC(=O)[C@@H](N)Cc1ccc(O)cc1)C(=O)N[C@@H](C)C(=O)N[C@@H](CO)C(=O)N[C@@H](C)C(=O)N[C@@H](Cc1ccccc1)C(=O)N[C@@H](CCCCN)C(=O)O. The molecule has 0 aliphatic rings. The second kappa shape index (κ2) is 23.4. The zero-order valence-corrected chi connectivity index (χ0v) is 32.1. The molecule has 0 heterocycles. The number of aromatic hydroxyl groups is 1. The molecule has 0 spiro atoms. The molecule has 0 fully saturated rings. The number of carbonyl (C=O) groups excluding carboxylic acids is 6. The Kier molecular flexibility index (Phi) is 19.4. The maximum Gasteiger partial charge on any atom is 0.326 e. The zero-order valence-electron chi connectivity index (χ0n) is 32.1. The number of benzene rings is 2. The lowest BCUT2D eigenvalue weighted by molar-refractivity contribution is -0.142. The third kappa shape index (κ3) is 15.6. The number of aliphatic hydroxyl groups is 1. The number of nitrogens with one attached hydrogen (secondary N) is 6. The van der Waals surface area contributed by atoms with E-state index in [0.717, 1.165) is 0 Å². The molecule has 0 bridgehead atoms. The van der Waals surface area contributed by atoms with Crippen molar-refractivity contribution < 1.29 is 48.9 Å². The number of hydrogen-bond acceptors (Lipinski definition) is 11. The number of unbranched alkanes of at least 4 members (excludes halogenated alkanes) is 1. The molecule has 7 atom stereocenters. The van der Waals surface area contributed by atoms with E-state index in [1.807, 2.05) is 0 Å². The van der Waals surface area contributed by atoms with E-state index < -0.39 is 96.2 Å². The largest absolute Gasteiger partial charge is 0.508 e. The van der Waals surface area contributed by atoms with Crippen LogP contribution in [0.15, 0.2) is 54.6 Å². The summed E-state index contributed by atoms with van der Waals surface area (Å²) in [5.74, 6) is -6.31. The average molecular weight is 785 g/mol. The highest BCUT2D eigenvalue weighted by Crippen LogP contribution is 2.12. The molecular formula is C38H56N8O10. The van der Waals surface area contributed by atoms with Crippen molar-refractivity contribution in [2.24, 2.45) is 17.4 Å². The van der Waals surface area contributed by atoms with Gasteiger partial charge in [0, 0.05) is 6.42 Å². The third-order valence-electron chi connectivity index (χ3n) is 8.77. The quantitative estimate of drug-likeness (QED) is 0.0563. The van der Waals surface area contributed by atoms with Gasteiger partial charge in [-0.1, -0.05) is 56.3 Å². The standard InChI is InChI=1S/C38H56N8O10/c1-21(2)31(46-34(51)27(40)18-25-13-15-26(48)16-14-25)37(54)42-23(4)33(50)45-30(20-47)36(53)41-22(3)32(49)44-29(19-24-10-6-5-7-11-24)35(52)43-28(38(55)56)12-8-9-17-39/h5-7,10-11,13-16,21-23,27-31,47-48H,8-9,12,17-20,39-40H2,1-4H3,(H,41,53)(H,42,54)(H,43,52)(H,44,49)(H,45,50)(H,46,51)(H,55,56)/t22-,23-,27-,28-,29-,30-,31-/m0/s1. The van der Waals surface area contributed by atoms with Crippen LogP contribution in [0.4, 0.5) is 0 Å². The van der Waals surface area contributed by atoms with Gasteiger partial charge in [0.1, 0.15) is 42.0 Å². The summed E-state index contributed by atoms with van der Waals surface area (Å²) in [4.78, 5) is 90.4. The van der Waals surface area contributed by atoms with Crippen LogP contribution in [0.3, 0.4) is 0 Å². The second-order valence-electron chi connectivity index (χ2n) is 13.8. The Morgan fingerprint density at radius 1 is 0.607 bits per heavy atom. The monoisotopic (exact) mass is 784 g/mol. The topological polar surface area (TPSA) is 304 Å². The van der Waals surface area contributed by atoms with Crippen molar-refractivity contribution in [3.8, 4) is 5.75 Å². The molecule has 6 amide bonds. The molecule has 0 saturated heterocycles. The predicted octanol–water partition coefficient (Wildman–Crippen LogP) is -1.68. The van der Waals surface area contributed by atoms with Crippen LogP contribution in [0.25, 0.3) is 0 Å². The van der Waals surface area contributed by atoms with E-state index in [4.69, 9.17) is 11.5 Å². The Bertz CT molecular complexity index is 1630. The fourth-order valence-corrected chi connectivity index (χ4v) is 5.39. The molecule has 0 radical (unpaired) electrons. The van der Waals surface area contributed by atoms with Crippen molar-refractivity contribution in [3.05, 3.63) is 65.7 Å². The molecule has 0 aliphatic carbocycles. The van der Waals surface area contributed by atoms with E-state index >= 15 is 0 Å². The van der Waals surface area contributed by atoms with E-state index in [9.17, 15) is 48.9 Å². The van der Waals surface area contributed by atoms with Gasteiger partial charge in [-0.15, -0.1) is 0 Å². The summed E-state index contributed by atoms with van der Waals surface area (Å²) in [5.41, 5.74) is 12.9. The second-order valence-corrected chi connectivity index (χ2v) is 13.8. The fraction of sp³-hybridized carbons (Fsp3) is 0.500. The summed E-state index contributed by atoms with van der Waals surface area (Å²) in [6.07, 6.45) is 1.27. The number of rotatable bonds is 23. The number of amides is 6. The molecule has 2 aromatic rings. The Hall–Kier alpha value is -5.59. The van der Waals surface area contributed by atoms with Crippen molar-refractivity contribution >= 4 is 41.4 Å². The first kappa shape index (κ1) is 46.6. The predicted molar refractivity (Wildman–Crippen MR) is 205 cm³/mol. The van der Waals surface area contributed by atoms with Gasteiger partial charge in [-0.25, -0.2) is 4.79 Å². The molecule has 0 aliphatic heterocycles. The lowest BCUT2D eigenvalue weighted by Crippen LogP contribution is -2.60. The molecule has 2 rings (SSSR count). The van der Waals surface area contributed by atoms with Crippen LogP contribution in [-0.4, -0.2) is 112 Å². The van der Waals surface area contributed by atoms with Crippen LogP contribution >= 0.6 is 0 Å². The summed E-state index contributed by atoms with van der Waals surface area (Å²) in [7, 11) is 0. The van der Waals surface area contributed by atoms with E-state index in [1.165, 1.54) is 26.0 Å². The minimum Gasteiger partial charge on any atom is -0.508 e. The summed E-state index contributed by atoms with van der Waals surface area (Å²) in [6, 6.07) is 6.18. The van der Waals surface area contributed by atoms with Crippen LogP contribution < -0.4 is 43.4 Å². The highest BCUT2D eigenvalue weighted by atomic mass is 16.4. The number of hydrogen-bond donors (Lipinski definition) is 11. The van der Waals surface area contributed by atoms with Crippen molar-refractivity contribution in [2.75, 3.05) is 13.2 Å². The van der Waals surface area contributed by atoms with Gasteiger partial charge in [0.05, 0.1) is 12.6 Å². The fourth-order valence-electron chi connectivity index (χ4n) is 5.39. The third-order valence-corrected chi connectivity index (χ3v) is 8.77. The molecular weight excluding hydrogens is 728 g/mol. The maximum absolute atomic E-state index is 13.3. The lowest BCUT2D eigenvalue weighted by Gasteiger charge is -2.26. The Labute approximate surface area is 325 Å². The van der Waals surface area contributed by atoms with Crippen molar-refractivity contribution in [2.45, 2.75) is 102 Å². The highest BCUT2D eigenvalue weighted by Gasteiger charge is 2.32. The van der Waals surface area contributed by atoms with E-state index in [-0.39, 0.29) is 25.0 Å². The minimum absolute atomic E-state index is 0.00110. The number of carbonyl (C=O) groups is 7.